The number of benzene rings is 2. The molecule has 1 N–H and O–H groups in total. The number of hydrogen-bond acceptors (Lipinski definition) is 3. The molecule has 3 rings (SSSR count). The Morgan fingerprint density at radius 3 is 2.16 bits per heavy atom. The molecule has 8 heteroatoms. The number of halogens is 3. The van der Waals surface area contributed by atoms with Gasteiger partial charge in [-0.2, -0.15) is 13.2 Å². The van der Waals surface area contributed by atoms with Crippen LogP contribution in [0.3, 0.4) is 0 Å². The summed E-state index contributed by atoms with van der Waals surface area (Å²) in [5, 5.41) is 2.77. The Morgan fingerprint density at radius 1 is 0.935 bits per heavy atom. The van der Waals surface area contributed by atoms with Gasteiger partial charge >= 0.3 is 6.18 Å². The van der Waals surface area contributed by atoms with E-state index in [1.54, 1.807) is 66.7 Å². The Labute approximate surface area is 177 Å². The first kappa shape index (κ1) is 22.1. The number of alkyl halides is 3. The number of hydrogen-bond donors (Lipinski definition) is 1. The van der Waals surface area contributed by atoms with Crippen LogP contribution < -0.4 is 5.32 Å². The predicted molar refractivity (Wildman–Crippen MR) is 108 cm³/mol. The quantitative estimate of drug-likeness (QED) is 0.562. The van der Waals surface area contributed by atoms with Crippen molar-refractivity contribution in [1.29, 1.82) is 0 Å². The molecule has 31 heavy (non-hydrogen) atoms. The molecule has 0 radical (unpaired) electrons. The van der Waals surface area contributed by atoms with Crippen molar-refractivity contribution in [1.82, 2.24) is 10.2 Å². The topological polar surface area (TPSA) is 62.6 Å². The molecule has 2 aromatic carbocycles. The molecule has 162 valence electrons. The Morgan fingerprint density at radius 2 is 1.58 bits per heavy atom. The maximum Gasteiger partial charge on any atom is 0.406 e. The zero-order valence-electron chi connectivity index (χ0n) is 16.5. The van der Waals surface area contributed by atoms with Crippen molar-refractivity contribution in [3.63, 3.8) is 0 Å². The van der Waals surface area contributed by atoms with Crippen LogP contribution >= 0.6 is 0 Å². The van der Waals surface area contributed by atoms with Gasteiger partial charge in [-0.3, -0.25) is 9.59 Å². The number of carbonyl (C=O) groups excluding carboxylic acids is 2. The predicted octanol–water partition coefficient (Wildman–Crippen LogP) is 4.73. The van der Waals surface area contributed by atoms with Gasteiger partial charge in [-0.25, -0.2) is 0 Å². The summed E-state index contributed by atoms with van der Waals surface area (Å²) in [4.78, 5) is 26.2. The van der Waals surface area contributed by atoms with Gasteiger partial charge in [0.05, 0.1) is 25.3 Å². The second-order valence-corrected chi connectivity index (χ2v) is 6.95. The number of rotatable bonds is 8. The molecule has 0 aliphatic rings. The molecular formula is C23H21F3N2O3. The van der Waals surface area contributed by atoms with E-state index in [1.165, 1.54) is 12.3 Å². The van der Waals surface area contributed by atoms with Crippen molar-refractivity contribution in [2.24, 2.45) is 0 Å². The highest BCUT2D eigenvalue weighted by atomic mass is 19.4. The summed E-state index contributed by atoms with van der Waals surface area (Å²) in [5.74, 6) is -0.936. The zero-order chi connectivity index (χ0) is 22.3. The van der Waals surface area contributed by atoms with Crippen LogP contribution in [0.15, 0.2) is 83.5 Å². The van der Waals surface area contributed by atoms with Crippen molar-refractivity contribution in [3.8, 4) is 0 Å². The molecule has 0 aliphatic heterocycles. The van der Waals surface area contributed by atoms with Crippen molar-refractivity contribution in [2.75, 3.05) is 6.54 Å². The smallest absolute Gasteiger partial charge is 0.406 e. The fourth-order valence-electron chi connectivity index (χ4n) is 3.11. The first-order valence-electron chi connectivity index (χ1n) is 9.59. The summed E-state index contributed by atoms with van der Waals surface area (Å²) < 4.78 is 44.4. The lowest BCUT2D eigenvalue weighted by Crippen LogP contribution is -2.40. The second kappa shape index (κ2) is 9.97. The van der Waals surface area contributed by atoms with E-state index in [1.807, 2.05) is 0 Å². The van der Waals surface area contributed by atoms with Crippen LogP contribution in [0.2, 0.25) is 0 Å². The largest absolute Gasteiger partial charge is 0.467 e. The summed E-state index contributed by atoms with van der Waals surface area (Å²) in [6, 6.07) is 19.3. The van der Waals surface area contributed by atoms with E-state index in [0.29, 0.717) is 16.0 Å². The molecule has 0 bridgehead atoms. The SMILES string of the molecule is O=C(NC(CC(=O)N(Cc1ccco1)CC(F)(F)F)c1ccccc1)c1ccccc1. The average molecular weight is 430 g/mol. The van der Waals surface area contributed by atoms with Crippen LogP contribution in [0, 0.1) is 0 Å². The Bertz CT molecular complexity index is 974. The minimum absolute atomic E-state index is 0.238. The highest BCUT2D eigenvalue weighted by Gasteiger charge is 2.34. The maximum absolute atomic E-state index is 13.1. The van der Waals surface area contributed by atoms with Gasteiger partial charge in [-0.15, -0.1) is 0 Å². The van der Waals surface area contributed by atoms with Gasteiger partial charge in [0, 0.05) is 5.56 Å². The Hall–Kier alpha value is -3.55. The van der Waals surface area contributed by atoms with Crippen molar-refractivity contribution >= 4 is 11.8 Å². The minimum atomic E-state index is -4.57. The molecule has 1 heterocycles. The standard InChI is InChI=1S/C23H21F3N2O3/c24-23(25,26)16-28(15-19-12-7-13-31-19)21(29)14-20(17-8-3-1-4-9-17)27-22(30)18-10-5-2-6-11-18/h1-13,20H,14-16H2,(H,27,30). The summed E-state index contributed by atoms with van der Waals surface area (Å²) in [6.07, 6.45) is -3.57. The molecule has 1 aromatic heterocycles. The summed E-state index contributed by atoms with van der Waals surface area (Å²) in [5.41, 5.74) is 1.00. The van der Waals surface area contributed by atoms with Crippen LogP contribution in [-0.2, 0) is 11.3 Å². The maximum atomic E-state index is 13.1. The van der Waals surface area contributed by atoms with E-state index in [2.05, 4.69) is 5.32 Å². The highest BCUT2D eigenvalue weighted by molar-refractivity contribution is 5.94. The summed E-state index contributed by atoms with van der Waals surface area (Å²) in [6.45, 7) is -1.74. The fraction of sp³-hybridized carbons (Fsp3) is 0.217. The lowest BCUT2D eigenvalue weighted by Gasteiger charge is -2.26. The van der Waals surface area contributed by atoms with Gasteiger partial charge in [-0.05, 0) is 29.8 Å². The highest BCUT2D eigenvalue weighted by Crippen LogP contribution is 2.23. The van der Waals surface area contributed by atoms with E-state index in [4.69, 9.17) is 4.42 Å². The molecule has 2 amide bonds. The molecule has 3 aromatic rings. The van der Waals surface area contributed by atoms with Crippen LogP contribution in [0.1, 0.15) is 34.1 Å². The molecular weight excluding hydrogens is 409 g/mol. The van der Waals surface area contributed by atoms with Gasteiger partial charge in [0.2, 0.25) is 5.91 Å². The molecule has 0 aliphatic carbocycles. The molecule has 5 nitrogen and oxygen atoms in total. The lowest BCUT2D eigenvalue weighted by molar-refractivity contribution is -0.163. The van der Waals surface area contributed by atoms with Gasteiger partial charge in [-0.1, -0.05) is 48.5 Å². The van der Waals surface area contributed by atoms with E-state index in [0.717, 1.165) is 0 Å². The Kier molecular flexibility index (Phi) is 7.12. The number of nitrogens with one attached hydrogen (secondary N) is 1. The van der Waals surface area contributed by atoms with Crippen LogP contribution in [0.25, 0.3) is 0 Å². The molecule has 0 saturated heterocycles. The minimum Gasteiger partial charge on any atom is -0.467 e. The second-order valence-electron chi connectivity index (χ2n) is 6.95. The van der Waals surface area contributed by atoms with Gasteiger partial charge in [0.15, 0.2) is 0 Å². The number of amides is 2. The van der Waals surface area contributed by atoms with E-state index < -0.39 is 30.6 Å². The van der Waals surface area contributed by atoms with Gasteiger partial charge in [0.25, 0.3) is 5.91 Å². The Balaban J connectivity index is 1.80. The van der Waals surface area contributed by atoms with Crippen LogP contribution in [0.5, 0.6) is 0 Å². The fourth-order valence-corrected chi connectivity index (χ4v) is 3.11. The van der Waals surface area contributed by atoms with Crippen molar-refractivity contribution in [3.05, 3.63) is 95.9 Å². The first-order valence-corrected chi connectivity index (χ1v) is 9.59. The number of nitrogens with zero attached hydrogens (tertiary/aromatic N) is 1. The van der Waals surface area contributed by atoms with Crippen LogP contribution in [-0.4, -0.2) is 29.4 Å². The van der Waals surface area contributed by atoms with E-state index >= 15 is 0 Å². The van der Waals surface area contributed by atoms with Crippen molar-refractivity contribution < 1.29 is 27.2 Å². The zero-order valence-corrected chi connectivity index (χ0v) is 16.5. The third kappa shape index (κ3) is 6.74. The molecule has 0 spiro atoms. The van der Waals surface area contributed by atoms with Crippen LogP contribution in [0.4, 0.5) is 13.2 Å². The summed E-state index contributed by atoms with van der Waals surface area (Å²) in [7, 11) is 0. The van der Waals surface area contributed by atoms with E-state index in [9.17, 15) is 22.8 Å². The van der Waals surface area contributed by atoms with E-state index in [-0.39, 0.29) is 18.7 Å². The van der Waals surface area contributed by atoms with Gasteiger partial charge < -0.3 is 14.6 Å². The monoisotopic (exact) mass is 430 g/mol. The normalized spacial score (nSPS) is 12.2. The molecule has 0 fully saturated rings. The summed E-state index contributed by atoms with van der Waals surface area (Å²) >= 11 is 0. The number of furan rings is 1. The molecule has 0 saturated carbocycles. The lowest BCUT2D eigenvalue weighted by atomic mass is 10.0. The van der Waals surface area contributed by atoms with Crippen molar-refractivity contribution in [2.45, 2.75) is 25.2 Å². The molecule has 1 unspecified atom stereocenters. The third-order valence-electron chi connectivity index (χ3n) is 4.57. The molecule has 1 atom stereocenters. The number of carbonyl (C=O) groups is 2. The third-order valence-corrected chi connectivity index (χ3v) is 4.57. The average Bonchev–Trinajstić information content (AvgIpc) is 3.26. The first-order chi connectivity index (χ1) is 14.8. The van der Waals surface area contributed by atoms with Gasteiger partial charge in [0.1, 0.15) is 12.3 Å².